The van der Waals surface area contributed by atoms with Gasteiger partial charge in [-0.2, -0.15) is 0 Å². The number of hydrogen-bond acceptors (Lipinski definition) is 2. The van der Waals surface area contributed by atoms with Crippen molar-refractivity contribution in [3.05, 3.63) is 34.0 Å². The number of halogens is 1. The summed E-state index contributed by atoms with van der Waals surface area (Å²) in [6.45, 7) is 3.60. The molecule has 0 unspecified atom stereocenters. The maximum absolute atomic E-state index is 11.5. The van der Waals surface area contributed by atoms with Gasteiger partial charge in [-0.3, -0.25) is 4.79 Å². The highest BCUT2D eigenvalue weighted by atomic mass is 35.5. The van der Waals surface area contributed by atoms with Crippen molar-refractivity contribution >= 4 is 28.7 Å². The highest BCUT2D eigenvalue weighted by Crippen LogP contribution is 2.23. The Balaban J connectivity index is 2.49. The van der Waals surface area contributed by atoms with Crippen molar-refractivity contribution in [2.75, 3.05) is 0 Å². The Labute approximate surface area is 87.0 Å². The summed E-state index contributed by atoms with van der Waals surface area (Å²) in [4.78, 5) is 12.2. The third-order valence-corrected chi connectivity index (χ3v) is 3.06. The molecular formula is C10H11ClOS. The van der Waals surface area contributed by atoms with Crippen LogP contribution in [0.4, 0.5) is 0 Å². The molecule has 1 aromatic rings. The molecule has 70 valence electrons. The SMILES string of the molecule is C=CCCCC(=O)c1sccc1Cl. The van der Waals surface area contributed by atoms with E-state index in [9.17, 15) is 4.79 Å². The molecule has 0 bridgehead atoms. The molecule has 0 aliphatic heterocycles. The molecule has 0 atom stereocenters. The number of hydrogen-bond donors (Lipinski definition) is 0. The summed E-state index contributed by atoms with van der Waals surface area (Å²) < 4.78 is 0. The summed E-state index contributed by atoms with van der Waals surface area (Å²) >= 11 is 7.23. The molecule has 1 rings (SSSR count). The maximum Gasteiger partial charge on any atom is 0.174 e. The molecule has 0 radical (unpaired) electrons. The first kappa shape index (κ1) is 10.5. The van der Waals surface area contributed by atoms with Crippen LogP contribution in [0, 0.1) is 0 Å². The Morgan fingerprint density at radius 3 is 3.00 bits per heavy atom. The molecule has 1 aromatic heterocycles. The van der Waals surface area contributed by atoms with Gasteiger partial charge in [-0.05, 0) is 24.3 Å². The normalized spacial score (nSPS) is 9.92. The van der Waals surface area contributed by atoms with Gasteiger partial charge in [-0.25, -0.2) is 0 Å². The van der Waals surface area contributed by atoms with Gasteiger partial charge in [0.15, 0.2) is 5.78 Å². The highest BCUT2D eigenvalue weighted by Gasteiger charge is 2.10. The molecule has 0 saturated heterocycles. The second-order valence-electron chi connectivity index (χ2n) is 2.70. The summed E-state index contributed by atoms with van der Waals surface area (Å²) in [5.74, 6) is 0.141. The fourth-order valence-corrected chi connectivity index (χ4v) is 2.14. The van der Waals surface area contributed by atoms with E-state index < -0.39 is 0 Å². The molecule has 1 nitrogen and oxygen atoms in total. The number of thiophene rings is 1. The monoisotopic (exact) mass is 214 g/mol. The molecule has 1 heterocycles. The van der Waals surface area contributed by atoms with Crippen molar-refractivity contribution in [3.63, 3.8) is 0 Å². The van der Waals surface area contributed by atoms with Gasteiger partial charge in [-0.1, -0.05) is 17.7 Å². The minimum Gasteiger partial charge on any atom is -0.293 e. The smallest absolute Gasteiger partial charge is 0.174 e. The minimum atomic E-state index is 0.141. The van der Waals surface area contributed by atoms with Gasteiger partial charge in [0.2, 0.25) is 0 Å². The number of Topliss-reactive ketones (excluding diaryl/α,β-unsaturated/α-hetero) is 1. The Morgan fingerprint density at radius 2 is 2.46 bits per heavy atom. The number of ketones is 1. The first-order chi connectivity index (χ1) is 6.25. The third kappa shape index (κ3) is 2.98. The lowest BCUT2D eigenvalue weighted by Gasteiger charge is -1.96. The zero-order valence-corrected chi connectivity index (χ0v) is 8.83. The Bertz CT molecular complexity index is 304. The average molecular weight is 215 g/mol. The van der Waals surface area contributed by atoms with E-state index in [0.717, 1.165) is 12.8 Å². The van der Waals surface area contributed by atoms with Crippen molar-refractivity contribution in [1.82, 2.24) is 0 Å². The van der Waals surface area contributed by atoms with Crippen LogP contribution in [-0.2, 0) is 0 Å². The molecule has 0 fully saturated rings. The van der Waals surface area contributed by atoms with Gasteiger partial charge < -0.3 is 0 Å². The van der Waals surface area contributed by atoms with E-state index in [2.05, 4.69) is 6.58 Å². The van der Waals surface area contributed by atoms with Gasteiger partial charge in [0, 0.05) is 6.42 Å². The standard InChI is InChI=1S/C10H11ClOS/c1-2-3-4-5-9(12)10-8(11)6-7-13-10/h2,6-7H,1,3-5H2. The van der Waals surface area contributed by atoms with Crippen LogP contribution in [0.25, 0.3) is 0 Å². The van der Waals surface area contributed by atoms with Gasteiger partial charge in [0.25, 0.3) is 0 Å². The van der Waals surface area contributed by atoms with Gasteiger partial charge in [0.1, 0.15) is 0 Å². The second kappa shape index (κ2) is 5.20. The predicted octanol–water partition coefficient (Wildman–Crippen LogP) is 3.94. The van der Waals surface area contributed by atoms with Crippen LogP contribution in [0.5, 0.6) is 0 Å². The zero-order chi connectivity index (χ0) is 9.68. The summed E-state index contributed by atoms with van der Waals surface area (Å²) in [6, 6.07) is 1.76. The zero-order valence-electron chi connectivity index (χ0n) is 7.25. The van der Waals surface area contributed by atoms with E-state index in [1.165, 1.54) is 11.3 Å². The molecule has 0 amide bonds. The van der Waals surface area contributed by atoms with Crippen LogP contribution in [0.1, 0.15) is 28.9 Å². The van der Waals surface area contributed by atoms with E-state index in [1.807, 2.05) is 11.5 Å². The number of carbonyl (C=O) groups is 1. The molecule has 0 saturated carbocycles. The molecular weight excluding hydrogens is 204 g/mol. The summed E-state index contributed by atoms with van der Waals surface area (Å²) in [7, 11) is 0. The second-order valence-corrected chi connectivity index (χ2v) is 4.03. The van der Waals surface area contributed by atoms with Crippen LogP contribution in [0.2, 0.25) is 5.02 Å². The summed E-state index contributed by atoms with van der Waals surface area (Å²) in [5.41, 5.74) is 0. The number of allylic oxidation sites excluding steroid dienone is 1. The molecule has 0 aliphatic carbocycles. The Morgan fingerprint density at radius 1 is 1.69 bits per heavy atom. The molecule has 0 aliphatic rings. The number of unbranched alkanes of at least 4 members (excludes halogenated alkanes) is 1. The average Bonchev–Trinajstić information content (AvgIpc) is 2.52. The minimum absolute atomic E-state index is 0.141. The molecule has 0 aromatic carbocycles. The van der Waals surface area contributed by atoms with Gasteiger partial charge in [0.05, 0.1) is 9.90 Å². The van der Waals surface area contributed by atoms with Crippen molar-refractivity contribution < 1.29 is 4.79 Å². The maximum atomic E-state index is 11.5. The number of carbonyl (C=O) groups excluding carboxylic acids is 1. The van der Waals surface area contributed by atoms with Crippen molar-refractivity contribution in [1.29, 1.82) is 0 Å². The van der Waals surface area contributed by atoms with Crippen LogP contribution >= 0.6 is 22.9 Å². The van der Waals surface area contributed by atoms with E-state index >= 15 is 0 Å². The molecule has 3 heteroatoms. The Kier molecular flexibility index (Phi) is 4.19. The number of rotatable bonds is 5. The lowest BCUT2D eigenvalue weighted by atomic mass is 10.1. The van der Waals surface area contributed by atoms with Crippen molar-refractivity contribution in [2.24, 2.45) is 0 Å². The predicted molar refractivity (Wildman–Crippen MR) is 57.7 cm³/mol. The van der Waals surface area contributed by atoms with E-state index in [4.69, 9.17) is 11.6 Å². The lowest BCUT2D eigenvalue weighted by molar-refractivity contribution is 0.0984. The largest absolute Gasteiger partial charge is 0.293 e. The summed E-state index contributed by atoms with van der Waals surface area (Å²) in [5, 5.41) is 2.41. The van der Waals surface area contributed by atoms with Crippen LogP contribution < -0.4 is 0 Å². The molecule has 0 spiro atoms. The van der Waals surface area contributed by atoms with Crippen LogP contribution in [0.3, 0.4) is 0 Å². The fourth-order valence-electron chi connectivity index (χ4n) is 1.01. The third-order valence-electron chi connectivity index (χ3n) is 1.68. The van der Waals surface area contributed by atoms with E-state index in [1.54, 1.807) is 6.07 Å². The topological polar surface area (TPSA) is 17.1 Å². The summed E-state index contributed by atoms with van der Waals surface area (Å²) in [6.07, 6.45) is 4.13. The quantitative estimate of drug-likeness (QED) is 0.412. The van der Waals surface area contributed by atoms with Crippen LogP contribution in [0.15, 0.2) is 24.1 Å². The first-order valence-electron chi connectivity index (χ1n) is 4.12. The molecule has 13 heavy (non-hydrogen) atoms. The van der Waals surface area contributed by atoms with E-state index in [0.29, 0.717) is 16.3 Å². The van der Waals surface area contributed by atoms with Crippen molar-refractivity contribution in [3.8, 4) is 0 Å². The fraction of sp³-hybridized carbons (Fsp3) is 0.300. The van der Waals surface area contributed by atoms with E-state index in [-0.39, 0.29) is 5.78 Å². The molecule has 0 N–H and O–H groups in total. The van der Waals surface area contributed by atoms with Gasteiger partial charge >= 0.3 is 0 Å². The van der Waals surface area contributed by atoms with Crippen LogP contribution in [-0.4, -0.2) is 5.78 Å². The Hall–Kier alpha value is -0.600. The van der Waals surface area contributed by atoms with Gasteiger partial charge in [-0.15, -0.1) is 17.9 Å². The highest BCUT2D eigenvalue weighted by molar-refractivity contribution is 7.12. The lowest BCUT2D eigenvalue weighted by Crippen LogP contribution is -1.95. The first-order valence-corrected chi connectivity index (χ1v) is 5.38. The van der Waals surface area contributed by atoms with Crippen molar-refractivity contribution in [2.45, 2.75) is 19.3 Å².